The average Bonchev–Trinajstić information content (AvgIpc) is 2.15. The van der Waals surface area contributed by atoms with E-state index >= 15 is 0 Å². The molecule has 0 aromatic carbocycles. The summed E-state index contributed by atoms with van der Waals surface area (Å²) in [5, 5.41) is 2.26. The predicted octanol–water partition coefficient (Wildman–Crippen LogP) is -1.03. The summed E-state index contributed by atoms with van der Waals surface area (Å²) < 4.78 is 4.56. The summed E-state index contributed by atoms with van der Waals surface area (Å²) in [7, 11) is 0. The number of esters is 1. The third-order valence-electron chi connectivity index (χ3n) is 1.25. The number of hydrogen-bond donors (Lipinski definition) is 2. The van der Waals surface area contributed by atoms with Crippen LogP contribution in [0, 0.1) is 0 Å². The van der Waals surface area contributed by atoms with Gasteiger partial charge in [0.25, 0.3) is 0 Å². The zero-order valence-electron chi connectivity index (χ0n) is 5.29. The lowest BCUT2D eigenvalue weighted by molar-refractivity contribution is -0.139. The number of hydrogen-bond acceptors (Lipinski definition) is 3. The molecule has 10 heavy (non-hydrogen) atoms. The normalized spacial score (nSPS) is 24.0. The molecule has 0 saturated carbocycles. The van der Waals surface area contributed by atoms with Gasteiger partial charge in [0.1, 0.15) is 6.04 Å². The molecule has 1 heterocycles. The standard InChI is InChI=1S/C5H8N2O3/c6-5(9)7-3-1-2-10-4(3)8/h3H,1-2H2,(H3,6,7,9)/t3-/m0/s1. The lowest BCUT2D eigenvalue weighted by Crippen LogP contribution is -2.41. The van der Waals surface area contributed by atoms with Gasteiger partial charge in [-0.15, -0.1) is 0 Å². The number of cyclic esters (lactones) is 1. The summed E-state index contributed by atoms with van der Waals surface area (Å²) in [5.74, 6) is -0.404. The number of carbonyl (C=O) groups excluding carboxylic acids is 2. The topological polar surface area (TPSA) is 81.4 Å². The van der Waals surface area contributed by atoms with Crippen LogP contribution in [0.3, 0.4) is 0 Å². The van der Waals surface area contributed by atoms with Gasteiger partial charge in [-0.2, -0.15) is 0 Å². The predicted molar refractivity (Wildman–Crippen MR) is 32.1 cm³/mol. The summed E-state index contributed by atoms with van der Waals surface area (Å²) in [6, 6.07) is -1.22. The average molecular weight is 144 g/mol. The first kappa shape index (κ1) is 6.85. The van der Waals surface area contributed by atoms with Gasteiger partial charge in [0, 0.05) is 6.42 Å². The van der Waals surface area contributed by atoms with E-state index in [1.165, 1.54) is 0 Å². The third kappa shape index (κ3) is 1.37. The van der Waals surface area contributed by atoms with E-state index in [4.69, 9.17) is 5.73 Å². The van der Waals surface area contributed by atoms with E-state index in [1.54, 1.807) is 0 Å². The Labute approximate surface area is 57.5 Å². The molecule has 0 bridgehead atoms. The molecule has 56 valence electrons. The van der Waals surface area contributed by atoms with Crippen molar-refractivity contribution in [1.29, 1.82) is 0 Å². The second-order valence-electron chi connectivity index (χ2n) is 2.02. The van der Waals surface area contributed by atoms with Gasteiger partial charge in [-0.25, -0.2) is 9.59 Å². The monoisotopic (exact) mass is 144 g/mol. The summed E-state index contributed by atoms with van der Waals surface area (Å²) in [6.45, 7) is 0.365. The molecule has 0 unspecified atom stereocenters. The minimum absolute atomic E-state index is 0.365. The molecule has 5 nitrogen and oxygen atoms in total. The van der Waals surface area contributed by atoms with Crippen molar-refractivity contribution in [2.45, 2.75) is 12.5 Å². The van der Waals surface area contributed by atoms with E-state index in [9.17, 15) is 9.59 Å². The molecular formula is C5H8N2O3. The highest BCUT2D eigenvalue weighted by Gasteiger charge is 2.26. The zero-order valence-corrected chi connectivity index (χ0v) is 5.29. The Balaban J connectivity index is 2.40. The quantitative estimate of drug-likeness (QED) is 0.462. The van der Waals surface area contributed by atoms with E-state index in [0.717, 1.165) is 0 Å². The fourth-order valence-corrected chi connectivity index (χ4v) is 0.799. The Morgan fingerprint density at radius 1 is 1.80 bits per heavy atom. The van der Waals surface area contributed by atoms with Crippen molar-refractivity contribution in [3.05, 3.63) is 0 Å². The van der Waals surface area contributed by atoms with E-state index in [2.05, 4.69) is 10.1 Å². The highest BCUT2D eigenvalue weighted by Crippen LogP contribution is 2.04. The first-order valence-electron chi connectivity index (χ1n) is 2.93. The molecule has 1 rings (SSSR count). The molecule has 0 aromatic rings. The van der Waals surface area contributed by atoms with Gasteiger partial charge in [0.05, 0.1) is 6.61 Å². The van der Waals surface area contributed by atoms with Crippen molar-refractivity contribution in [2.75, 3.05) is 6.61 Å². The van der Waals surface area contributed by atoms with Crippen LogP contribution in [0.5, 0.6) is 0 Å². The number of amides is 2. The molecule has 1 saturated heterocycles. The summed E-state index contributed by atoms with van der Waals surface area (Å²) >= 11 is 0. The van der Waals surface area contributed by atoms with Crippen LogP contribution in [0.2, 0.25) is 0 Å². The van der Waals surface area contributed by atoms with E-state index in [1.807, 2.05) is 0 Å². The fraction of sp³-hybridized carbons (Fsp3) is 0.600. The summed E-state index contributed by atoms with van der Waals surface area (Å²) in [6.07, 6.45) is 0.516. The molecule has 3 N–H and O–H groups in total. The molecule has 1 fully saturated rings. The van der Waals surface area contributed by atoms with Crippen LogP contribution in [-0.4, -0.2) is 24.6 Å². The van der Waals surface area contributed by atoms with Crippen molar-refractivity contribution in [3.8, 4) is 0 Å². The molecule has 0 radical (unpaired) electrons. The molecule has 2 amide bonds. The number of nitrogens with one attached hydrogen (secondary N) is 1. The maximum atomic E-state index is 10.6. The second-order valence-corrected chi connectivity index (χ2v) is 2.02. The number of carbonyl (C=O) groups is 2. The van der Waals surface area contributed by atoms with Gasteiger partial charge in [0.2, 0.25) is 0 Å². The molecule has 5 heteroatoms. The lowest BCUT2D eigenvalue weighted by Gasteiger charge is -2.03. The van der Waals surface area contributed by atoms with Crippen LogP contribution in [0.25, 0.3) is 0 Å². The first-order chi connectivity index (χ1) is 4.70. The van der Waals surface area contributed by atoms with Crippen molar-refractivity contribution in [1.82, 2.24) is 5.32 Å². The first-order valence-corrected chi connectivity index (χ1v) is 2.93. The molecule has 0 spiro atoms. The van der Waals surface area contributed by atoms with Crippen LogP contribution < -0.4 is 11.1 Å². The number of ether oxygens (including phenoxy) is 1. The minimum Gasteiger partial charge on any atom is -0.464 e. The molecule has 1 aliphatic heterocycles. The molecule has 0 aromatic heterocycles. The molecule has 0 aliphatic carbocycles. The second kappa shape index (κ2) is 2.55. The third-order valence-corrected chi connectivity index (χ3v) is 1.25. The molecule has 1 atom stereocenters. The maximum absolute atomic E-state index is 10.6. The van der Waals surface area contributed by atoms with Crippen LogP contribution in [0.15, 0.2) is 0 Å². The van der Waals surface area contributed by atoms with Crippen LogP contribution in [0.4, 0.5) is 4.79 Å². The molecular weight excluding hydrogens is 136 g/mol. The van der Waals surface area contributed by atoms with Gasteiger partial charge < -0.3 is 15.8 Å². The van der Waals surface area contributed by atoms with Gasteiger partial charge in [-0.3, -0.25) is 0 Å². The van der Waals surface area contributed by atoms with Crippen LogP contribution in [0.1, 0.15) is 6.42 Å². The smallest absolute Gasteiger partial charge is 0.328 e. The largest absolute Gasteiger partial charge is 0.464 e. The Morgan fingerprint density at radius 2 is 2.50 bits per heavy atom. The van der Waals surface area contributed by atoms with Gasteiger partial charge in [-0.1, -0.05) is 0 Å². The van der Waals surface area contributed by atoms with E-state index < -0.39 is 18.0 Å². The van der Waals surface area contributed by atoms with Crippen molar-refractivity contribution < 1.29 is 14.3 Å². The van der Waals surface area contributed by atoms with Gasteiger partial charge >= 0.3 is 12.0 Å². The fourth-order valence-electron chi connectivity index (χ4n) is 0.799. The minimum atomic E-state index is -0.691. The highest BCUT2D eigenvalue weighted by molar-refractivity contribution is 5.83. The summed E-state index contributed by atoms with van der Waals surface area (Å²) in [5.41, 5.74) is 4.78. The summed E-state index contributed by atoms with van der Waals surface area (Å²) in [4.78, 5) is 20.8. The molecule has 1 aliphatic rings. The SMILES string of the molecule is NC(=O)N[C@H]1CCOC1=O. The van der Waals surface area contributed by atoms with Crippen LogP contribution >= 0.6 is 0 Å². The number of primary amides is 1. The Bertz CT molecular complexity index is 168. The van der Waals surface area contributed by atoms with Gasteiger partial charge in [-0.05, 0) is 0 Å². The van der Waals surface area contributed by atoms with Crippen molar-refractivity contribution >= 4 is 12.0 Å². The van der Waals surface area contributed by atoms with Crippen molar-refractivity contribution in [3.63, 3.8) is 0 Å². The number of nitrogens with two attached hydrogens (primary N) is 1. The maximum Gasteiger partial charge on any atom is 0.328 e. The van der Waals surface area contributed by atoms with Crippen molar-refractivity contribution in [2.24, 2.45) is 5.73 Å². The Morgan fingerprint density at radius 3 is 2.90 bits per heavy atom. The Kier molecular flexibility index (Phi) is 1.75. The van der Waals surface area contributed by atoms with Gasteiger partial charge in [0.15, 0.2) is 0 Å². The highest BCUT2D eigenvalue weighted by atomic mass is 16.5. The number of urea groups is 1. The van der Waals surface area contributed by atoms with E-state index in [0.29, 0.717) is 13.0 Å². The Hall–Kier alpha value is -1.26. The zero-order chi connectivity index (χ0) is 7.56. The van der Waals surface area contributed by atoms with Crippen LogP contribution in [-0.2, 0) is 9.53 Å². The lowest BCUT2D eigenvalue weighted by atomic mass is 10.2. The van der Waals surface area contributed by atoms with E-state index in [-0.39, 0.29) is 0 Å². The number of rotatable bonds is 1.